The Labute approximate surface area is 139 Å². The molecular formula is C18H18N4O2. The summed E-state index contributed by atoms with van der Waals surface area (Å²) in [6.07, 6.45) is 3.67. The Morgan fingerprint density at radius 1 is 1.29 bits per heavy atom. The molecule has 1 N–H and O–H groups in total. The number of nitrogens with zero attached hydrogens (tertiary/aromatic N) is 3. The molecule has 0 saturated heterocycles. The number of aromatic nitrogens is 2. The van der Waals surface area contributed by atoms with Gasteiger partial charge >= 0.3 is 0 Å². The number of fused-ring (bicyclic) bond motifs is 1. The smallest absolute Gasteiger partial charge is 0.241 e. The molecule has 0 aliphatic carbocycles. The first-order chi connectivity index (χ1) is 11.8. The lowest BCUT2D eigenvalue weighted by Gasteiger charge is -2.03. The third kappa shape index (κ3) is 3.78. The maximum absolute atomic E-state index is 11.9. The third-order valence-electron chi connectivity index (χ3n) is 3.60. The van der Waals surface area contributed by atoms with Crippen LogP contribution in [0.5, 0.6) is 5.75 Å². The summed E-state index contributed by atoms with van der Waals surface area (Å²) in [6.45, 7) is 0.557. The van der Waals surface area contributed by atoms with Crippen molar-refractivity contribution in [2.75, 3.05) is 7.11 Å². The Kier molecular flexibility index (Phi) is 4.86. The highest BCUT2D eigenvalue weighted by molar-refractivity contribution is 5.83. The molecule has 0 saturated carbocycles. The first-order valence-electron chi connectivity index (χ1n) is 7.62. The van der Waals surface area contributed by atoms with E-state index in [2.05, 4.69) is 15.5 Å². The number of carbonyl (C=O) groups is 1. The van der Waals surface area contributed by atoms with Gasteiger partial charge in [-0.3, -0.25) is 4.79 Å². The van der Waals surface area contributed by atoms with Crippen LogP contribution < -0.4 is 10.2 Å². The number of hydrogen-bond donors (Lipinski definition) is 1. The van der Waals surface area contributed by atoms with Crippen molar-refractivity contribution in [3.8, 4) is 5.75 Å². The van der Waals surface area contributed by atoms with Crippen molar-refractivity contribution in [2.45, 2.75) is 13.0 Å². The van der Waals surface area contributed by atoms with Gasteiger partial charge in [-0.25, -0.2) is 10.4 Å². The van der Waals surface area contributed by atoms with Crippen LogP contribution in [0, 0.1) is 0 Å². The summed E-state index contributed by atoms with van der Waals surface area (Å²) in [5, 5.41) is 3.97. The standard InChI is InChI=1S/C18H18N4O2/c1-24-15-6-4-5-14(11-15)12-20-21-18(23)9-10-22-13-19-16-7-2-3-8-17(16)22/h2-8,11-13H,9-10H2,1H3,(H,21,23)/b20-12+. The van der Waals surface area contributed by atoms with Gasteiger partial charge in [0.15, 0.2) is 0 Å². The van der Waals surface area contributed by atoms with Crippen molar-refractivity contribution in [2.24, 2.45) is 5.10 Å². The first-order valence-corrected chi connectivity index (χ1v) is 7.62. The molecule has 3 rings (SSSR count). The lowest BCUT2D eigenvalue weighted by molar-refractivity contribution is -0.121. The summed E-state index contributed by atoms with van der Waals surface area (Å²) in [5.74, 6) is 0.601. The normalized spacial score (nSPS) is 11.0. The summed E-state index contributed by atoms with van der Waals surface area (Å²) < 4.78 is 7.10. The molecule has 0 atom stereocenters. The largest absolute Gasteiger partial charge is 0.497 e. The fourth-order valence-electron chi connectivity index (χ4n) is 2.37. The molecule has 0 fully saturated rings. The molecule has 0 spiro atoms. The summed E-state index contributed by atoms with van der Waals surface area (Å²) in [5.41, 5.74) is 5.34. The number of hydrogen-bond acceptors (Lipinski definition) is 4. The molecule has 1 heterocycles. The number of amides is 1. The summed E-state index contributed by atoms with van der Waals surface area (Å²) >= 11 is 0. The van der Waals surface area contributed by atoms with E-state index in [9.17, 15) is 4.79 Å². The van der Waals surface area contributed by atoms with E-state index in [0.717, 1.165) is 22.3 Å². The Morgan fingerprint density at radius 2 is 2.17 bits per heavy atom. The average Bonchev–Trinajstić information content (AvgIpc) is 3.03. The molecule has 0 unspecified atom stereocenters. The average molecular weight is 322 g/mol. The van der Waals surface area contributed by atoms with Crippen LogP contribution in [-0.4, -0.2) is 28.8 Å². The molecule has 122 valence electrons. The minimum absolute atomic E-state index is 0.146. The molecule has 0 aliphatic rings. The monoisotopic (exact) mass is 322 g/mol. The van der Waals surface area contributed by atoms with E-state index in [4.69, 9.17) is 4.74 Å². The number of rotatable bonds is 6. The van der Waals surface area contributed by atoms with E-state index < -0.39 is 0 Å². The summed E-state index contributed by atoms with van der Waals surface area (Å²) in [7, 11) is 1.61. The van der Waals surface area contributed by atoms with Crippen molar-refractivity contribution in [3.05, 3.63) is 60.4 Å². The number of methoxy groups -OCH3 is 1. The Bertz CT molecular complexity index is 870. The number of imidazole rings is 1. The van der Waals surface area contributed by atoms with Crippen molar-refractivity contribution >= 4 is 23.2 Å². The fourth-order valence-corrected chi connectivity index (χ4v) is 2.37. The number of ether oxygens (including phenoxy) is 1. The topological polar surface area (TPSA) is 68.5 Å². The number of aryl methyl sites for hydroxylation is 1. The molecule has 2 aromatic carbocycles. The van der Waals surface area contributed by atoms with Crippen LogP contribution in [0.2, 0.25) is 0 Å². The minimum atomic E-state index is -0.146. The van der Waals surface area contributed by atoms with Crippen LogP contribution in [-0.2, 0) is 11.3 Å². The van der Waals surface area contributed by atoms with E-state index in [0.29, 0.717) is 13.0 Å². The van der Waals surface area contributed by atoms with Crippen molar-refractivity contribution < 1.29 is 9.53 Å². The second kappa shape index (κ2) is 7.41. The predicted molar refractivity (Wildman–Crippen MR) is 93.1 cm³/mol. The van der Waals surface area contributed by atoms with Crippen LogP contribution in [0.4, 0.5) is 0 Å². The van der Waals surface area contributed by atoms with Crippen molar-refractivity contribution in [3.63, 3.8) is 0 Å². The van der Waals surface area contributed by atoms with Gasteiger partial charge in [-0.2, -0.15) is 5.10 Å². The number of hydrazone groups is 1. The Morgan fingerprint density at radius 3 is 3.04 bits per heavy atom. The molecule has 1 aromatic heterocycles. The van der Waals surface area contributed by atoms with Gasteiger partial charge in [-0.15, -0.1) is 0 Å². The zero-order valence-corrected chi connectivity index (χ0v) is 13.3. The molecule has 6 nitrogen and oxygen atoms in total. The zero-order chi connectivity index (χ0) is 16.8. The second-order valence-electron chi connectivity index (χ2n) is 5.25. The molecular weight excluding hydrogens is 304 g/mol. The Hall–Kier alpha value is -3.15. The highest BCUT2D eigenvalue weighted by Crippen LogP contribution is 2.12. The molecule has 1 amide bonds. The maximum atomic E-state index is 11.9. The first kappa shape index (κ1) is 15.7. The summed E-state index contributed by atoms with van der Waals surface area (Å²) in [6, 6.07) is 15.3. The van der Waals surface area contributed by atoms with E-state index in [1.807, 2.05) is 53.1 Å². The van der Waals surface area contributed by atoms with E-state index >= 15 is 0 Å². The Balaban J connectivity index is 1.53. The van der Waals surface area contributed by atoms with Crippen LogP contribution in [0.15, 0.2) is 60.0 Å². The quantitative estimate of drug-likeness (QED) is 0.560. The third-order valence-corrected chi connectivity index (χ3v) is 3.60. The van der Waals surface area contributed by atoms with Gasteiger partial charge in [0.1, 0.15) is 5.75 Å². The highest BCUT2D eigenvalue weighted by atomic mass is 16.5. The van der Waals surface area contributed by atoms with E-state index in [-0.39, 0.29) is 5.91 Å². The van der Waals surface area contributed by atoms with Gasteiger partial charge in [-0.05, 0) is 29.8 Å². The van der Waals surface area contributed by atoms with Gasteiger partial charge < -0.3 is 9.30 Å². The predicted octanol–water partition coefficient (Wildman–Crippen LogP) is 2.59. The number of benzene rings is 2. The van der Waals surface area contributed by atoms with Crippen LogP contribution in [0.1, 0.15) is 12.0 Å². The number of para-hydroxylation sites is 2. The minimum Gasteiger partial charge on any atom is -0.497 e. The molecule has 0 radical (unpaired) electrons. The number of nitrogens with one attached hydrogen (secondary N) is 1. The zero-order valence-electron chi connectivity index (χ0n) is 13.3. The molecule has 6 heteroatoms. The second-order valence-corrected chi connectivity index (χ2v) is 5.25. The summed E-state index contributed by atoms with van der Waals surface area (Å²) in [4.78, 5) is 16.2. The van der Waals surface area contributed by atoms with Crippen LogP contribution >= 0.6 is 0 Å². The fraction of sp³-hybridized carbons (Fsp3) is 0.167. The molecule has 3 aromatic rings. The van der Waals surface area contributed by atoms with E-state index in [1.54, 1.807) is 19.7 Å². The molecule has 0 bridgehead atoms. The lowest BCUT2D eigenvalue weighted by atomic mass is 10.2. The highest BCUT2D eigenvalue weighted by Gasteiger charge is 2.04. The van der Waals surface area contributed by atoms with E-state index in [1.165, 1.54) is 0 Å². The number of carbonyl (C=O) groups excluding carboxylic acids is 1. The molecule has 0 aliphatic heterocycles. The van der Waals surface area contributed by atoms with Gasteiger partial charge in [-0.1, -0.05) is 24.3 Å². The van der Waals surface area contributed by atoms with Gasteiger partial charge in [0.25, 0.3) is 0 Å². The molecule has 24 heavy (non-hydrogen) atoms. The van der Waals surface area contributed by atoms with Gasteiger partial charge in [0.2, 0.25) is 5.91 Å². The van der Waals surface area contributed by atoms with Gasteiger partial charge in [0, 0.05) is 13.0 Å². The lowest BCUT2D eigenvalue weighted by Crippen LogP contribution is -2.19. The SMILES string of the molecule is COc1cccc(/C=N/NC(=O)CCn2cnc3ccccc32)c1. The van der Waals surface area contributed by atoms with Crippen LogP contribution in [0.3, 0.4) is 0 Å². The van der Waals surface area contributed by atoms with Crippen molar-refractivity contribution in [1.29, 1.82) is 0 Å². The maximum Gasteiger partial charge on any atom is 0.241 e. The van der Waals surface area contributed by atoms with Crippen molar-refractivity contribution in [1.82, 2.24) is 15.0 Å². The van der Waals surface area contributed by atoms with Crippen LogP contribution in [0.25, 0.3) is 11.0 Å². The van der Waals surface area contributed by atoms with Gasteiger partial charge in [0.05, 0.1) is 30.7 Å².